The summed E-state index contributed by atoms with van der Waals surface area (Å²) in [5.74, 6) is 0.327. The fourth-order valence-electron chi connectivity index (χ4n) is 3.85. The number of carbonyl (C=O) groups is 2. The lowest BCUT2D eigenvalue weighted by atomic mass is 10.0. The van der Waals surface area contributed by atoms with E-state index in [1.807, 2.05) is 11.6 Å². The topological polar surface area (TPSA) is 84.0 Å². The Morgan fingerprint density at radius 2 is 2.12 bits per heavy atom. The number of likely N-dealkylation sites (N-methyl/N-ethyl adjacent to an activating group) is 1. The molecular formula is C23H32N4O4S. The lowest BCUT2D eigenvalue weighted by molar-refractivity contribution is -0.114. The number of ether oxygens (including phenoxy) is 2. The van der Waals surface area contributed by atoms with E-state index in [9.17, 15) is 9.59 Å². The minimum Gasteiger partial charge on any atom is -0.491 e. The van der Waals surface area contributed by atoms with E-state index in [1.165, 1.54) is 6.92 Å². The zero-order valence-corrected chi connectivity index (χ0v) is 20.1. The Balaban J connectivity index is 1.94. The Bertz CT molecular complexity index is 921. The summed E-state index contributed by atoms with van der Waals surface area (Å²) in [6.45, 7) is 8.06. The molecule has 0 aliphatic carbocycles. The van der Waals surface area contributed by atoms with E-state index in [-0.39, 0.29) is 29.9 Å². The van der Waals surface area contributed by atoms with Gasteiger partial charge in [-0.05, 0) is 25.0 Å². The Morgan fingerprint density at radius 1 is 1.34 bits per heavy atom. The highest BCUT2D eigenvalue weighted by molar-refractivity contribution is 7.09. The van der Waals surface area contributed by atoms with Gasteiger partial charge in [-0.15, -0.1) is 11.3 Å². The minimum absolute atomic E-state index is 0.0726. The fraction of sp³-hybridized carbons (Fsp3) is 0.522. The molecule has 0 unspecified atom stereocenters. The van der Waals surface area contributed by atoms with Crippen LogP contribution in [0.1, 0.15) is 36.1 Å². The van der Waals surface area contributed by atoms with Crippen molar-refractivity contribution in [3.05, 3.63) is 40.3 Å². The number of methoxy groups -OCH3 is 1. The molecule has 1 aliphatic heterocycles. The monoisotopic (exact) mass is 460 g/mol. The Kier molecular flexibility index (Phi) is 8.22. The summed E-state index contributed by atoms with van der Waals surface area (Å²) in [7, 11) is 3.46. The van der Waals surface area contributed by atoms with E-state index in [1.54, 1.807) is 48.6 Å². The first kappa shape index (κ1) is 24.2. The molecule has 8 nitrogen and oxygen atoms in total. The molecule has 0 spiro atoms. The smallest absolute Gasteiger partial charge is 0.257 e. The third-order valence-corrected chi connectivity index (χ3v) is 6.48. The molecule has 2 amide bonds. The number of carbonyl (C=O) groups excluding carboxylic acids is 2. The predicted molar refractivity (Wildman–Crippen MR) is 125 cm³/mol. The maximum Gasteiger partial charge on any atom is 0.257 e. The number of amides is 2. The van der Waals surface area contributed by atoms with Crippen LogP contribution in [0.15, 0.2) is 29.8 Å². The number of anilines is 1. The fourth-order valence-corrected chi connectivity index (χ4v) is 4.49. The van der Waals surface area contributed by atoms with Crippen LogP contribution in [-0.4, -0.2) is 72.6 Å². The van der Waals surface area contributed by atoms with Crippen molar-refractivity contribution in [3.63, 3.8) is 0 Å². The van der Waals surface area contributed by atoms with E-state index >= 15 is 0 Å². The van der Waals surface area contributed by atoms with Crippen LogP contribution in [0.25, 0.3) is 0 Å². The van der Waals surface area contributed by atoms with Crippen LogP contribution in [0.5, 0.6) is 5.75 Å². The van der Waals surface area contributed by atoms with Crippen LogP contribution in [0.3, 0.4) is 0 Å². The second kappa shape index (κ2) is 10.9. The first-order valence-corrected chi connectivity index (χ1v) is 11.6. The molecule has 0 bridgehead atoms. The first-order valence-electron chi connectivity index (χ1n) is 10.7. The highest BCUT2D eigenvalue weighted by Gasteiger charge is 2.28. The number of fused-ring (bicyclic) bond motifs is 1. The zero-order valence-electron chi connectivity index (χ0n) is 19.3. The number of rotatable bonds is 4. The molecule has 174 valence electrons. The number of hydrogen-bond donors (Lipinski definition) is 1. The molecule has 9 heteroatoms. The third-order valence-electron chi connectivity index (χ3n) is 5.72. The van der Waals surface area contributed by atoms with Gasteiger partial charge in [0.1, 0.15) is 17.4 Å². The van der Waals surface area contributed by atoms with Crippen molar-refractivity contribution in [3.8, 4) is 5.75 Å². The number of aromatic nitrogens is 1. The second-order valence-corrected chi connectivity index (χ2v) is 9.32. The third kappa shape index (κ3) is 6.05. The number of nitrogens with one attached hydrogen (secondary N) is 1. The maximum atomic E-state index is 13.2. The lowest BCUT2D eigenvalue weighted by Crippen LogP contribution is -2.46. The molecule has 2 aromatic rings. The molecule has 0 saturated carbocycles. The minimum atomic E-state index is -0.179. The molecule has 1 aromatic carbocycles. The van der Waals surface area contributed by atoms with E-state index in [4.69, 9.17) is 9.47 Å². The van der Waals surface area contributed by atoms with Crippen LogP contribution < -0.4 is 10.1 Å². The van der Waals surface area contributed by atoms with Gasteiger partial charge in [-0.1, -0.05) is 6.92 Å². The zero-order chi connectivity index (χ0) is 23.3. The van der Waals surface area contributed by atoms with Crippen LogP contribution in [0.4, 0.5) is 5.69 Å². The van der Waals surface area contributed by atoms with Crippen molar-refractivity contribution in [1.82, 2.24) is 14.8 Å². The van der Waals surface area contributed by atoms with Gasteiger partial charge in [0.25, 0.3) is 5.91 Å². The molecule has 1 aliphatic rings. The highest BCUT2D eigenvalue weighted by Crippen LogP contribution is 2.27. The summed E-state index contributed by atoms with van der Waals surface area (Å²) in [5, 5.41) is 5.79. The molecule has 3 atom stereocenters. The molecule has 0 radical (unpaired) electrons. The van der Waals surface area contributed by atoms with Crippen LogP contribution in [0, 0.1) is 5.92 Å². The van der Waals surface area contributed by atoms with Gasteiger partial charge in [0.2, 0.25) is 5.91 Å². The lowest BCUT2D eigenvalue weighted by Gasteiger charge is -2.35. The van der Waals surface area contributed by atoms with Crippen molar-refractivity contribution < 1.29 is 19.1 Å². The quantitative estimate of drug-likeness (QED) is 0.755. The molecule has 1 N–H and O–H groups in total. The van der Waals surface area contributed by atoms with Gasteiger partial charge in [0.05, 0.1) is 18.2 Å². The average Bonchev–Trinajstić information content (AvgIpc) is 3.26. The molecule has 0 fully saturated rings. The Labute approximate surface area is 193 Å². The summed E-state index contributed by atoms with van der Waals surface area (Å²) >= 11 is 1.63. The molecule has 32 heavy (non-hydrogen) atoms. The van der Waals surface area contributed by atoms with Gasteiger partial charge in [-0.2, -0.15) is 0 Å². The average molecular weight is 461 g/mol. The number of thiazole rings is 1. The summed E-state index contributed by atoms with van der Waals surface area (Å²) in [6, 6.07) is 5.20. The molecule has 2 heterocycles. The van der Waals surface area contributed by atoms with Crippen molar-refractivity contribution in [2.75, 3.05) is 39.2 Å². The maximum absolute atomic E-state index is 13.2. The van der Waals surface area contributed by atoms with Crippen LogP contribution in [-0.2, 0) is 16.1 Å². The Morgan fingerprint density at radius 3 is 2.78 bits per heavy atom. The first-order chi connectivity index (χ1) is 15.3. The van der Waals surface area contributed by atoms with Gasteiger partial charge in [-0.25, -0.2) is 4.98 Å². The van der Waals surface area contributed by atoms with Crippen molar-refractivity contribution >= 4 is 28.8 Å². The number of nitrogens with zero attached hydrogens (tertiary/aromatic N) is 3. The van der Waals surface area contributed by atoms with Crippen molar-refractivity contribution in [2.24, 2.45) is 5.92 Å². The van der Waals surface area contributed by atoms with Gasteiger partial charge in [-0.3, -0.25) is 14.5 Å². The molecule has 3 rings (SSSR count). The molecule has 0 saturated heterocycles. The van der Waals surface area contributed by atoms with E-state index in [0.717, 1.165) is 18.1 Å². The van der Waals surface area contributed by atoms with Gasteiger partial charge < -0.3 is 19.7 Å². The molecular weight excluding hydrogens is 428 g/mol. The standard InChI is InChI=1S/C23H32N4O4S/c1-15-11-27(13-22-24-8-9-32-22)16(2)14-31-20-10-18(25-17(3)28)6-7-19(20)23(29)26(4)12-21(15)30-5/h6-10,15-16,21H,11-14H2,1-5H3,(H,25,28)/t15-,16-,21+/m0/s1. The van der Waals surface area contributed by atoms with Crippen LogP contribution >= 0.6 is 11.3 Å². The van der Waals surface area contributed by atoms with Crippen molar-refractivity contribution in [2.45, 2.75) is 39.5 Å². The Hall–Kier alpha value is -2.49. The summed E-state index contributed by atoms with van der Waals surface area (Å²) in [6.07, 6.45) is 1.71. The predicted octanol–water partition coefficient (Wildman–Crippen LogP) is 3.11. The highest BCUT2D eigenvalue weighted by atomic mass is 32.1. The van der Waals surface area contributed by atoms with Gasteiger partial charge in [0.15, 0.2) is 0 Å². The molecule has 1 aromatic heterocycles. The number of hydrogen-bond acceptors (Lipinski definition) is 7. The largest absolute Gasteiger partial charge is 0.491 e. The normalized spacial score (nSPS) is 23.0. The summed E-state index contributed by atoms with van der Waals surface area (Å²) < 4.78 is 11.9. The van der Waals surface area contributed by atoms with E-state index < -0.39 is 0 Å². The van der Waals surface area contributed by atoms with Crippen molar-refractivity contribution in [1.29, 1.82) is 0 Å². The summed E-state index contributed by atoms with van der Waals surface area (Å²) in [5.41, 5.74) is 1.05. The van der Waals surface area contributed by atoms with Crippen LogP contribution in [0.2, 0.25) is 0 Å². The second-order valence-electron chi connectivity index (χ2n) is 8.34. The van der Waals surface area contributed by atoms with E-state index in [0.29, 0.717) is 30.2 Å². The van der Waals surface area contributed by atoms with Gasteiger partial charge in [0, 0.05) is 63.5 Å². The van der Waals surface area contributed by atoms with Gasteiger partial charge >= 0.3 is 0 Å². The SMILES string of the molecule is CO[C@@H]1CN(C)C(=O)c2ccc(NC(C)=O)cc2OC[C@H](C)N(Cc2nccs2)C[C@@H]1C. The summed E-state index contributed by atoms with van der Waals surface area (Å²) in [4.78, 5) is 33.2. The van der Waals surface area contributed by atoms with E-state index in [2.05, 4.69) is 29.0 Å². The number of benzene rings is 1.